The van der Waals surface area contributed by atoms with Crippen LogP contribution in [0.25, 0.3) is 0 Å². The Morgan fingerprint density at radius 1 is 1.18 bits per heavy atom. The van der Waals surface area contributed by atoms with Crippen LogP contribution in [0.3, 0.4) is 0 Å². The quantitative estimate of drug-likeness (QED) is 0.607. The van der Waals surface area contributed by atoms with E-state index in [1.165, 1.54) is 0 Å². The maximum atomic E-state index is 5.55. The van der Waals surface area contributed by atoms with Crippen molar-refractivity contribution in [1.29, 1.82) is 0 Å². The van der Waals surface area contributed by atoms with Gasteiger partial charge < -0.3 is 20.0 Å². The highest BCUT2D eigenvalue weighted by molar-refractivity contribution is 7.80. The van der Waals surface area contributed by atoms with E-state index in [9.17, 15) is 0 Å². The Labute approximate surface area is 137 Å². The topological polar surface area (TPSA) is 40.4 Å². The summed E-state index contributed by atoms with van der Waals surface area (Å²) in [7, 11) is 4.14. The molecule has 0 radical (unpaired) electrons. The van der Waals surface area contributed by atoms with Crippen molar-refractivity contribution in [2.75, 3.05) is 27.2 Å². The van der Waals surface area contributed by atoms with E-state index >= 15 is 0 Å². The molecule has 5 heteroatoms. The van der Waals surface area contributed by atoms with Gasteiger partial charge in [-0.2, -0.15) is 0 Å². The van der Waals surface area contributed by atoms with Gasteiger partial charge in [-0.15, -0.1) is 0 Å². The molecule has 0 unspecified atom stereocenters. The van der Waals surface area contributed by atoms with Crippen LogP contribution in [-0.4, -0.2) is 37.2 Å². The van der Waals surface area contributed by atoms with Gasteiger partial charge in [0.1, 0.15) is 11.8 Å². The molecule has 2 N–H and O–H groups in total. The molecule has 2 rings (SSSR count). The number of thiocarbonyl (C=S) groups is 1. The fourth-order valence-corrected chi connectivity index (χ4v) is 2.42. The van der Waals surface area contributed by atoms with E-state index < -0.39 is 0 Å². The second kappa shape index (κ2) is 8.56. The molecule has 1 aromatic heterocycles. The summed E-state index contributed by atoms with van der Waals surface area (Å²) >= 11 is 5.41. The van der Waals surface area contributed by atoms with Crippen molar-refractivity contribution in [3.05, 3.63) is 60.1 Å². The van der Waals surface area contributed by atoms with Crippen LogP contribution in [0.5, 0.6) is 0 Å². The monoisotopic (exact) mass is 317 g/mol. The minimum absolute atomic E-state index is 0.0787. The van der Waals surface area contributed by atoms with E-state index in [1.54, 1.807) is 6.26 Å². The third kappa shape index (κ3) is 5.16. The van der Waals surface area contributed by atoms with Crippen molar-refractivity contribution >= 4 is 17.3 Å². The number of rotatable bonds is 7. The van der Waals surface area contributed by atoms with Gasteiger partial charge >= 0.3 is 0 Å². The lowest BCUT2D eigenvalue weighted by Crippen LogP contribution is -2.39. The Hall–Kier alpha value is -1.85. The standard InChI is InChI=1S/C17H23N3OS/c1-20(2)12-7-11-18-17(22)19-16(15-10-6-13-21-15)14-8-4-3-5-9-14/h3-6,8-10,13,16H,7,11-12H2,1-2H3,(H2,18,19,22)/t16-/m0/s1. The molecule has 0 fully saturated rings. The largest absolute Gasteiger partial charge is 0.467 e. The molecule has 0 aliphatic heterocycles. The van der Waals surface area contributed by atoms with Crippen molar-refractivity contribution in [2.24, 2.45) is 0 Å². The molecule has 1 atom stereocenters. The number of hydrogen-bond donors (Lipinski definition) is 2. The van der Waals surface area contributed by atoms with E-state index in [0.29, 0.717) is 5.11 Å². The second-order valence-corrected chi connectivity index (χ2v) is 5.82. The molecule has 4 nitrogen and oxygen atoms in total. The second-order valence-electron chi connectivity index (χ2n) is 5.42. The first-order valence-corrected chi connectivity index (χ1v) is 7.85. The molecule has 22 heavy (non-hydrogen) atoms. The van der Waals surface area contributed by atoms with Crippen molar-refractivity contribution in [3.63, 3.8) is 0 Å². The van der Waals surface area contributed by atoms with E-state index in [4.69, 9.17) is 16.6 Å². The molecule has 0 spiro atoms. The summed E-state index contributed by atoms with van der Waals surface area (Å²) in [6.07, 6.45) is 2.73. The Morgan fingerprint density at radius 3 is 2.59 bits per heavy atom. The van der Waals surface area contributed by atoms with E-state index in [1.807, 2.05) is 30.3 Å². The lowest BCUT2D eigenvalue weighted by atomic mass is 10.1. The van der Waals surface area contributed by atoms with E-state index in [2.05, 4.69) is 41.8 Å². The van der Waals surface area contributed by atoms with Gasteiger partial charge in [0.15, 0.2) is 5.11 Å². The van der Waals surface area contributed by atoms with Crippen LogP contribution < -0.4 is 10.6 Å². The van der Waals surface area contributed by atoms with E-state index in [-0.39, 0.29) is 6.04 Å². The highest BCUT2D eigenvalue weighted by atomic mass is 32.1. The fraction of sp³-hybridized carbons (Fsp3) is 0.353. The molecule has 0 aliphatic carbocycles. The Bertz CT molecular complexity index is 555. The van der Waals surface area contributed by atoms with Crippen LogP contribution in [0.15, 0.2) is 53.1 Å². The van der Waals surface area contributed by atoms with Gasteiger partial charge in [-0.05, 0) is 57.0 Å². The van der Waals surface area contributed by atoms with Crippen LogP contribution in [0.4, 0.5) is 0 Å². The number of hydrogen-bond acceptors (Lipinski definition) is 3. The molecule has 118 valence electrons. The van der Waals surface area contributed by atoms with Crippen LogP contribution in [0.1, 0.15) is 23.8 Å². The maximum Gasteiger partial charge on any atom is 0.167 e. The van der Waals surface area contributed by atoms with Crippen LogP contribution in [0, 0.1) is 0 Å². The third-order valence-electron chi connectivity index (χ3n) is 3.30. The summed E-state index contributed by atoms with van der Waals surface area (Å²) in [6.45, 7) is 1.89. The molecular weight excluding hydrogens is 294 g/mol. The average molecular weight is 317 g/mol. The van der Waals surface area contributed by atoms with Gasteiger partial charge in [0.05, 0.1) is 6.26 Å². The molecule has 1 aromatic carbocycles. The zero-order valence-electron chi connectivity index (χ0n) is 13.1. The molecule has 2 aromatic rings. The number of benzene rings is 1. The van der Waals surface area contributed by atoms with Crippen LogP contribution in [-0.2, 0) is 0 Å². The Balaban J connectivity index is 1.94. The van der Waals surface area contributed by atoms with Gasteiger partial charge in [-0.3, -0.25) is 0 Å². The summed E-state index contributed by atoms with van der Waals surface area (Å²) in [5, 5.41) is 7.23. The molecule has 1 heterocycles. The Kier molecular flexibility index (Phi) is 6.43. The van der Waals surface area contributed by atoms with Gasteiger partial charge in [0, 0.05) is 6.54 Å². The zero-order chi connectivity index (χ0) is 15.8. The Morgan fingerprint density at radius 2 is 1.95 bits per heavy atom. The molecule has 0 aliphatic rings. The summed E-state index contributed by atoms with van der Waals surface area (Å²) in [5.41, 5.74) is 1.12. The lowest BCUT2D eigenvalue weighted by molar-refractivity contribution is 0.399. The zero-order valence-corrected chi connectivity index (χ0v) is 13.9. The maximum absolute atomic E-state index is 5.55. The summed E-state index contributed by atoms with van der Waals surface area (Å²) in [4.78, 5) is 2.16. The normalized spacial score (nSPS) is 12.1. The molecule has 0 saturated heterocycles. The van der Waals surface area contributed by atoms with Gasteiger partial charge in [-0.25, -0.2) is 0 Å². The first-order valence-electron chi connectivity index (χ1n) is 7.44. The van der Waals surface area contributed by atoms with Crippen molar-refractivity contribution in [1.82, 2.24) is 15.5 Å². The van der Waals surface area contributed by atoms with Crippen LogP contribution >= 0.6 is 12.2 Å². The molecule has 0 amide bonds. The summed E-state index contributed by atoms with van der Waals surface area (Å²) in [5.74, 6) is 0.851. The predicted molar refractivity (Wildman–Crippen MR) is 93.9 cm³/mol. The highest BCUT2D eigenvalue weighted by Gasteiger charge is 2.17. The van der Waals surface area contributed by atoms with Gasteiger partial charge in [0.25, 0.3) is 0 Å². The number of nitrogens with one attached hydrogen (secondary N) is 2. The minimum Gasteiger partial charge on any atom is -0.467 e. The van der Waals surface area contributed by atoms with Crippen LogP contribution in [0.2, 0.25) is 0 Å². The summed E-state index contributed by atoms with van der Waals surface area (Å²) < 4.78 is 5.55. The number of nitrogens with zero attached hydrogens (tertiary/aromatic N) is 1. The minimum atomic E-state index is -0.0787. The molecule has 0 saturated carbocycles. The smallest absolute Gasteiger partial charge is 0.167 e. The first-order chi connectivity index (χ1) is 10.7. The van der Waals surface area contributed by atoms with Gasteiger partial charge in [0.2, 0.25) is 0 Å². The SMILES string of the molecule is CN(C)CCCNC(=S)N[C@@H](c1ccccc1)c1ccco1. The highest BCUT2D eigenvalue weighted by Crippen LogP contribution is 2.22. The predicted octanol–water partition coefficient (Wildman–Crippen LogP) is 2.78. The summed E-state index contributed by atoms with van der Waals surface area (Å²) in [6, 6.07) is 13.9. The van der Waals surface area contributed by atoms with E-state index in [0.717, 1.165) is 30.8 Å². The van der Waals surface area contributed by atoms with Gasteiger partial charge in [-0.1, -0.05) is 30.3 Å². The van der Waals surface area contributed by atoms with Crippen molar-refractivity contribution in [2.45, 2.75) is 12.5 Å². The molecular formula is C17H23N3OS. The number of furan rings is 1. The van der Waals surface area contributed by atoms with Crippen molar-refractivity contribution in [3.8, 4) is 0 Å². The average Bonchev–Trinajstić information content (AvgIpc) is 3.04. The third-order valence-corrected chi connectivity index (χ3v) is 3.57. The first kappa shape index (κ1) is 16.5. The molecule has 0 bridgehead atoms. The lowest BCUT2D eigenvalue weighted by Gasteiger charge is -2.20. The fourth-order valence-electron chi connectivity index (χ4n) is 2.20. The van der Waals surface area contributed by atoms with Crippen molar-refractivity contribution < 1.29 is 4.42 Å².